The van der Waals surface area contributed by atoms with Crippen molar-refractivity contribution in [3.8, 4) is 11.1 Å². The summed E-state index contributed by atoms with van der Waals surface area (Å²) in [5, 5.41) is 13.2. The number of aromatic carboxylic acids is 1. The highest BCUT2D eigenvalue weighted by molar-refractivity contribution is 6.31. The molecule has 2 aromatic rings. The van der Waals surface area contributed by atoms with Crippen molar-refractivity contribution in [1.29, 1.82) is 0 Å². The van der Waals surface area contributed by atoms with Gasteiger partial charge in [-0.1, -0.05) is 16.8 Å². The first-order valence-electron chi connectivity index (χ1n) is 4.96. The minimum atomic E-state index is -1.01. The Labute approximate surface area is 103 Å². The first-order valence-corrected chi connectivity index (χ1v) is 5.34. The smallest absolute Gasteiger partial charge is 0.335 e. The number of benzene rings is 1. The molecular formula is C12H10ClNO3. The predicted octanol–water partition coefficient (Wildman–Crippen LogP) is 3.31. The van der Waals surface area contributed by atoms with E-state index >= 15 is 0 Å². The zero-order valence-electron chi connectivity index (χ0n) is 9.32. The number of hydrogen-bond donors (Lipinski definition) is 1. The van der Waals surface area contributed by atoms with Crippen LogP contribution in [0.1, 0.15) is 21.8 Å². The number of hydrogen-bond acceptors (Lipinski definition) is 3. The Balaban J connectivity index is 2.64. The molecule has 0 amide bonds. The van der Waals surface area contributed by atoms with Gasteiger partial charge in [-0.2, -0.15) is 0 Å². The molecule has 17 heavy (non-hydrogen) atoms. The van der Waals surface area contributed by atoms with Crippen molar-refractivity contribution >= 4 is 17.6 Å². The van der Waals surface area contributed by atoms with E-state index in [4.69, 9.17) is 21.2 Å². The van der Waals surface area contributed by atoms with Gasteiger partial charge in [0.1, 0.15) is 5.76 Å². The molecule has 1 heterocycles. The van der Waals surface area contributed by atoms with Gasteiger partial charge in [-0.3, -0.25) is 0 Å². The molecule has 0 bridgehead atoms. The van der Waals surface area contributed by atoms with Crippen LogP contribution in [0.2, 0.25) is 5.02 Å². The molecular weight excluding hydrogens is 242 g/mol. The Morgan fingerprint density at radius 1 is 1.35 bits per heavy atom. The van der Waals surface area contributed by atoms with E-state index in [1.807, 2.05) is 0 Å². The largest absolute Gasteiger partial charge is 0.478 e. The molecule has 0 radical (unpaired) electrons. The monoisotopic (exact) mass is 251 g/mol. The molecule has 0 spiro atoms. The molecule has 0 aliphatic heterocycles. The molecule has 0 unspecified atom stereocenters. The Hall–Kier alpha value is -1.81. The molecule has 0 atom stereocenters. The lowest BCUT2D eigenvalue weighted by molar-refractivity contribution is 0.0697. The number of nitrogens with zero attached hydrogens (tertiary/aromatic N) is 1. The fourth-order valence-electron chi connectivity index (χ4n) is 1.75. The van der Waals surface area contributed by atoms with Crippen LogP contribution >= 0.6 is 11.6 Å². The third-order valence-corrected chi connectivity index (χ3v) is 2.68. The van der Waals surface area contributed by atoms with Gasteiger partial charge in [0, 0.05) is 10.6 Å². The fourth-order valence-corrected chi connectivity index (χ4v) is 1.99. The van der Waals surface area contributed by atoms with Gasteiger partial charge in [0.25, 0.3) is 0 Å². The topological polar surface area (TPSA) is 63.3 Å². The first-order chi connectivity index (χ1) is 7.99. The van der Waals surface area contributed by atoms with Crippen LogP contribution < -0.4 is 0 Å². The maximum Gasteiger partial charge on any atom is 0.335 e. The van der Waals surface area contributed by atoms with Crippen molar-refractivity contribution in [2.45, 2.75) is 13.8 Å². The molecule has 1 N–H and O–H groups in total. The van der Waals surface area contributed by atoms with E-state index < -0.39 is 5.97 Å². The number of carboxylic acids is 1. The van der Waals surface area contributed by atoms with Crippen molar-refractivity contribution < 1.29 is 14.4 Å². The summed E-state index contributed by atoms with van der Waals surface area (Å²) in [6, 6.07) is 4.66. The van der Waals surface area contributed by atoms with Gasteiger partial charge < -0.3 is 9.63 Å². The van der Waals surface area contributed by atoms with Crippen LogP contribution in [0.4, 0.5) is 0 Å². The summed E-state index contributed by atoms with van der Waals surface area (Å²) in [5.74, 6) is -0.374. The molecule has 0 aliphatic rings. The van der Waals surface area contributed by atoms with Crippen LogP contribution in [0.3, 0.4) is 0 Å². The highest BCUT2D eigenvalue weighted by atomic mass is 35.5. The molecule has 88 valence electrons. The van der Waals surface area contributed by atoms with Crippen molar-refractivity contribution in [1.82, 2.24) is 5.16 Å². The molecule has 4 nitrogen and oxygen atoms in total. The Morgan fingerprint density at radius 3 is 2.59 bits per heavy atom. The van der Waals surface area contributed by atoms with Crippen molar-refractivity contribution in [3.63, 3.8) is 0 Å². The number of aromatic nitrogens is 1. The van der Waals surface area contributed by atoms with Crippen molar-refractivity contribution in [2.24, 2.45) is 0 Å². The lowest BCUT2D eigenvalue weighted by atomic mass is 10.0. The summed E-state index contributed by atoms with van der Waals surface area (Å²) in [6.07, 6.45) is 0. The molecule has 1 aromatic heterocycles. The summed E-state index contributed by atoms with van der Waals surface area (Å²) >= 11 is 5.90. The van der Waals surface area contributed by atoms with E-state index in [1.54, 1.807) is 26.0 Å². The summed E-state index contributed by atoms with van der Waals surface area (Å²) in [4.78, 5) is 10.9. The average Bonchev–Trinajstić information content (AvgIpc) is 2.57. The van der Waals surface area contributed by atoms with E-state index in [-0.39, 0.29) is 5.56 Å². The normalized spacial score (nSPS) is 10.5. The van der Waals surface area contributed by atoms with E-state index in [9.17, 15) is 4.79 Å². The number of rotatable bonds is 2. The highest BCUT2D eigenvalue weighted by Gasteiger charge is 2.14. The molecule has 5 heteroatoms. The molecule has 0 saturated heterocycles. The second kappa shape index (κ2) is 4.22. The zero-order chi connectivity index (χ0) is 12.6. The highest BCUT2D eigenvalue weighted by Crippen LogP contribution is 2.30. The van der Waals surface area contributed by atoms with E-state index in [2.05, 4.69) is 5.16 Å². The second-order valence-corrected chi connectivity index (χ2v) is 4.17. The lowest BCUT2D eigenvalue weighted by Crippen LogP contribution is -1.96. The maximum absolute atomic E-state index is 10.9. The average molecular weight is 252 g/mol. The van der Waals surface area contributed by atoms with Crippen LogP contribution in [0.15, 0.2) is 22.7 Å². The summed E-state index contributed by atoms with van der Waals surface area (Å²) in [6.45, 7) is 3.57. The Kier molecular flexibility index (Phi) is 2.90. The molecule has 2 rings (SSSR count). The van der Waals surface area contributed by atoms with Crippen LogP contribution in [0, 0.1) is 13.8 Å². The van der Waals surface area contributed by atoms with Crippen molar-refractivity contribution in [2.75, 3.05) is 0 Å². The number of carbonyl (C=O) groups is 1. The van der Waals surface area contributed by atoms with Gasteiger partial charge in [-0.25, -0.2) is 4.79 Å². The van der Waals surface area contributed by atoms with Gasteiger partial charge in [0.05, 0.1) is 11.3 Å². The number of halogens is 1. The summed E-state index contributed by atoms with van der Waals surface area (Å²) < 4.78 is 5.05. The lowest BCUT2D eigenvalue weighted by Gasteiger charge is -2.03. The van der Waals surface area contributed by atoms with Gasteiger partial charge in [-0.15, -0.1) is 0 Å². The van der Waals surface area contributed by atoms with Gasteiger partial charge >= 0.3 is 5.97 Å². The zero-order valence-corrected chi connectivity index (χ0v) is 10.1. The quantitative estimate of drug-likeness (QED) is 0.889. The fraction of sp³-hybridized carbons (Fsp3) is 0.167. The van der Waals surface area contributed by atoms with Crippen LogP contribution in [0.5, 0.6) is 0 Å². The van der Waals surface area contributed by atoms with Crippen molar-refractivity contribution in [3.05, 3.63) is 40.2 Å². The first kappa shape index (κ1) is 11.7. The Morgan fingerprint density at radius 2 is 2.06 bits per heavy atom. The van der Waals surface area contributed by atoms with Crippen LogP contribution in [-0.2, 0) is 0 Å². The Bertz CT molecular complexity index is 570. The van der Waals surface area contributed by atoms with Gasteiger partial charge in [0.15, 0.2) is 0 Å². The minimum Gasteiger partial charge on any atom is -0.478 e. The second-order valence-electron chi connectivity index (χ2n) is 3.73. The minimum absolute atomic E-state index is 0.146. The number of aryl methyl sites for hydroxylation is 2. The molecule has 1 aromatic carbocycles. The van der Waals surface area contributed by atoms with E-state index in [1.165, 1.54) is 6.07 Å². The van der Waals surface area contributed by atoms with Gasteiger partial charge in [0.2, 0.25) is 0 Å². The predicted molar refractivity (Wildman–Crippen MR) is 63.4 cm³/mol. The third-order valence-electron chi connectivity index (χ3n) is 2.47. The maximum atomic E-state index is 10.9. The summed E-state index contributed by atoms with van der Waals surface area (Å²) in [7, 11) is 0. The standard InChI is InChI=1S/C12H10ClNO3/c1-6-11(7(2)17-14-6)8-3-9(12(15)16)5-10(13)4-8/h3-5H,1-2H3,(H,15,16). The SMILES string of the molecule is Cc1noc(C)c1-c1cc(Cl)cc(C(=O)O)c1. The van der Waals surface area contributed by atoms with Gasteiger partial charge in [-0.05, 0) is 37.6 Å². The summed E-state index contributed by atoms with van der Waals surface area (Å²) in [5.41, 5.74) is 2.34. The molecule has 0 aliphatic carbocycles. The molecule has 0 fully saturated rings. The number of carboxylic acid groups (broad SMARTS) is 1. The van der Waals surface area contributed by atoms with E-state index in [0.717, 1.165) is 5.56 Å². The van der Waals surface area contributed by atoms with E-state index in [0.29, 0.717) is 22.0 Å². The molecule has 0 saturated carbocycles. The van der Waals surface area contributed by atoms with Crippen LogP contribution in [0.25, 0.3) is 11.1 Å². The van der Waals surface area contributed by atoms with Crippen LogP contribution in [-0.4, -0.2) is 16.2 Å². The third kappa shape index (κ3) is 2.17.